The molecule has 1 heterocycles. The van der Waals surface area contributed by atoms with E-state index in [9.17, 15) is 14.4 Å². The maximum absolute atomic E-state index is 11.7. The first-order chi connectivity index (χ1) is 8.90. The molecule has 0 radical (unpaired) electrons. The summed E-state index contributed by atoms with van der Waals surface area (Å²) in [5, 5.41) is 11.2. The van der Waals surface area contributed by atoms with E-state index in [4.69, 9.17) is 22.4 Å². The van der Waals surface area contributed by atoms with Crippen LogP contribution in [0, 0.1) is 0 Å². The Morgan fingerprint density at radius 3 is 2.53 bits per heavy atom. The van der Waals surface area contributed by atoms with Gasteiger partial charge in [-0.1, -0.05) is 11.6 Å². The van der Waals surface area contributed by atoms with Crippen molar-refractivity contribution in [3.63, 3.8) is 0 Å². The van der Waals surface area contributed by atoms with Crippen LogP contribution in [0.15, 0.2) is 12.4 Å². The Morgan fingerprint density at radius 1 is 1.37 bits per heavy atom. The van der Waals surface area contributed by atoms with Crippen molar-refractivity contribution in [1.82, 2.24) is 15.3 Å². The molecular formula is C10H11ClN4O4. The number of primary amides is 1. The molecule has 19 heavy (non-hydrogen) atoms. The van der Waals surface area contributed by atoms with Crippen LogP contribution in [0.1, 0.15) is 23.3 Å². The molecular weight excluding hydrogens is 276 g/mol. The number of amides is 2. The summed E-state index contributed by atoms with van der Waals surface area (Å²) in [7, 11) is 0. The Bertz CT molecular complexity index is 491. The van der Waals surface area contributed by atoms with Gasteiger partial charge >= 0.3 is 5.97 Å². The third-order valence-corrected chi connectivity index (χ3v) is 2.33. The second kappa shape index (κ2) is 6.64. The number of rotatable bonds is 6. The summed E-state index contributed by atoms with van der Waals surface area (Å²) < 4.78 is 0. The third kappa shape index (κ3) is 4.88. The van der Waals surface area contributed by atoms with Crippen LogP contribution >= 0.6 is 11.6 Å². The molecule has 0 saturated carbocycles. The molecule has 0 spiro atoms. The highest BCUT2D eigenvalue weighted by Crippen LogP contribution is 2.03. The Balaban J connectivity index is 2.68. The van der Waals surface area contributed by atoms with Crippen LogP contribution in [0.25, 0.3) is 0 Å². The highest BCUT2D eigenvalue weighted by molar-refractivity contribution is 6.29. The number of hydrogen-bond donors (Lipinski definition) is 3. The lowest BCUT2D eigenvalue weighted by Crippen LogP contribution is -2.41. The van der Waals surface area contributed by atoms with E-state index in [0.29, 0.717) is 0 Å². The summed E-state index contributed by atoms with van der Waals surface area (Å²) in [6.45, 7) is 0. The number of nitrogens with one attached hydrogen (secondary N) is 1. The van der Waals surface area contributed by atoms with Crippen molar-refractivity contribution >= 4 is 29.4 Å². The van der Waals surface area contributed by atoms with Crippen molar-refractivity contribution in [3.05, 3.63) is 23.2 Å². The van der Waals surface area contributed by atoms with Crippen LogP contribution in [0.5, 0.6) is 0 Å². The summed E-state index contributed by atoms with van der Waals surface area (Å²) >= 11 is 5.51. The lowest BCUT2D eigenvalue weighted by atomic mass is 10.1. The Morgan fingerprint density at radius 2 is 2.05 bits per heavy atom. The van der Waals surface area contributed by atoms with Crippen LogP contribution in [-0.2, 0) is 9.59 Å². The van der Waals surface area contributed by atoms with Gasteiger partial charge < -0.3 is 16.2 Å². The highest BCUT2D eigenvalue weighted by atomic mass is 35.5. The average Bonchev–Trinajstić information content (AvgIpc) is 2.34. The summed E-state index contributed by atoms with van der Waals surface area (Å²) in [5.74, 6) is -2.63. The van der Waals surface area contributed by atoms with E-state index in [1.54, 1.807) is 0 Å². The fourth-order valence-corrected chi connectivity index (χ4v) is 1.30. The molecule has 0 unspecified atom stereocenters. The second-order valence-corrected chi connectivity index (χ2v) is 3.98. The molecule has 102 valence electrons. The molecule has 1 atom stereocenters. The maximum atomic E-state index is 11.7. The number of aromatic nitrogens is 2. The van der Waals surface area contributed by atoms with Crippen molar-refractivity contribution in [1.29, 1.82) is 0 Å². The molecule has 1 rings (SSSR count). The first kappa shape index (κ1) is 14.8. The zero-order chi connectivity index (χ0) is 14.4. The zero-order valence-electron chi connectivity index (χ0n) is 9.67. The number of hydrogen-bond acceptors (Lipinski definition) is 5. The summed E-state index contributed by atoms with van der Waals surface area (Å²) in [6, 6.07) is -1.22. The normalized spacial score (nSPS) is 11.6. The number of nitrogens with two attached hydrogens (primary N) is 1. The SMILES string of the molecule is NC(=O)CC[C@H](NC(=O)c1cnc(Cl)cn1)C(=O)O. The van der Waals surface area contributed by atoms with Crippen molar-refractivity contribution in [3.8, 4) is 0 Å². The first-order valence-electron chi connectivity index (χ1n) is 5.19. The van der Waals surface area contributed by atoms with Gasteiger partial charge in [0.25, 0.3) is 5.91 Å². The average molecular weight is 287 g/mol. The molecule has 4 N–H and O–H groups in total. The van der Waals surface area contributed by atoms with Crippen molar-refractivity contribution < 1.29 is 19.5 Å². The highest BCUT2D eigenvalue weighted by Gasteiger charge is 2.21. The molecule has 1 aromatic rings. The van der Waals surface area contributed by atoms with Crippen LogP contribution < -0.4 is 11.1 Å². The van der Waals surface area contributed by atoms with E-state index in [0.717, 1.165) is 12.4 Å². The number of carboxylic acid groups (broad SMARTS) is 1. The molecule has 0 aromatic carbocycles. The van der Waals surface area contributed by atoms with Gasteiger partial charge in [-0.2, -0.15) is 0 Å². The Kier molecular flexibility index (Phi) is 5.19. The van der Waals surface area contributed by atoms with E-state index in [1.165, 1.54) is 0 Å². The molecule has 1 aromatic heterocycles. The molecule has 0 fully saturated rings. The number of halogens is 1. The van der Waals surface area contributed by atoms with E-state index < -0.39 is 23.8 Å². The molecule has 9 heteroatoms. The van der Waals surface area contributed by atoms with E-state index >= 15 is 0 Å². The van der Waals surface area contributed by atoms with Crippen molar-refractivity contribution in [2.45, 2.75) is 18.9 Å². The topological polar surface area (TPSA) is 135 Å². The van der Waals surface area contributed by atoms with Gasteiger partial charge in [-0.15, -0.1) is 0 Å². The molecule has 0 saturated heterocycles. The van der Waals surface area contributed by atoms with E-state index in [1.807, 2.05) is 0 Å². The largest absolute Gasteiger partial charge is 0.480 e. The zero-order valence-corrected chi connectivity index (χ0v) is 10.4. The van der Waals surface area contributed by atoms with Gasteiger partial charge in [0.1, 0.15) is 16.9 Å². The minimum Gasteiger partial charge on any atom is -0.480 e. The standard InChI is InChI=1S/C10H11ClN4O4/c11-7-4-13-6(3-14-7)9(17)15-5(10(18)19)1-2-8(12)16/h3-5H,1-2H2,(H2,12,16)(H,15,17)(H,18,19)/t5-/m0/s1. The number of carboxylic acids is 1. The van der Waals surface area contributed by atoms with Gasteiger partial charge in [0, 0.05) is 6.42 Å². The predicted molar refractivity (Wildman–Crippen MR) is 64.4 cm³/mol. The second-order valence-electron chi connectivity index (χ2n) is 3.59. The third-order valence-electron chi connectivity index (χ3n) is 2.14. The number of aliphatic carboxylic acids is 1. The van der Waals surface area contributed by atoms with Gasteiger partial charge in [-0.25, -0.2) is 14.8 Å². The maximum Gasteiger partial charge on any atom is 0.326 e. The molecule has 2 amide bonds. The fourth-order valence-electron chi connectivity index (χ4n) is 1.21. The molecule has 0 aliphatic rings. The molecule has 8 nitrogen and oxygen atoms in total. The van der Waals surface area contributed by atoms with Gasteiger partial charge in [0.15, 0.2) is 0 Å². The Labute approximate surface area is 113 Å². The van der Waals surface area contributed by atoms with Crippen molar-refractivity contribution in [2.24, 2.45) is 5.73 Å². The lowest BCUT2D eigenvalue weighted by molar-refractivity contribution is -0.139. The summed E-state index contributed by atoms with van der Waals surface area (Å²) in [6.07, 6.45) is 2.03. The fraction of sp³-hybridized carbons (Fsp3) is 0.300. The minimum absolute atomic E-state index is 0.0743. The number of carbonyl (C=O) groups excluding carboxylic acids is 2. The monoisotopic (exact) mass is 286 g/mol. The van der Waals surface area contributed by atoms with Gasteiger partial charge in [0.05, 0.1) is 12.4 Å². The smallest absolute Gasteiger partial charge is 0.326 e. The quantitative estimate of drug-likeness (QED) is 0.650. The molecule has 0 aliphatic heterocycles. The lowest BCUT2D eigenvalue weighted by Gasteiger charge is -2.13. The summed E-state index contributed by atoms with van der Waals surface area (Å²) in [4.78, 5) is 40.5. The predicted octanol–water partition coefficient (Wildman–Crippen LogP) is -0.422. The molecule has 0 aliphatic carbocycles. The first-order valence-corrected chi connectivity index (χ1v) is 5.57. The number of carbonyl (C=O) groups is 3. The Hall–Kier alpha value is -2.22. The van der Waals surface area contributed by atoms with Crippen LogP contribution in [0.4, 0.5) is 0 Å². The molecule has 0 bridgehead atoms. The van der Waals surface area contributed by atoms with Gasteiger partial charge in [0.2, 0.25) is 5.91 Å². The van der Waals surface area contributed by atoms with Crippen LogP contribution in [0.2, 0.25) is 5.15 Å². The number of nitrogens with zero attached hydrogens (tertiary/aromatic N) is 2. The summed E-state index contributed by atoms with van der Waals surface area (Å²) in [5.41, 5.74) is 4.84. The van der Waals surface area contributed by atoms with Crippen LogP contribution in [0.3, 0.4) is 0 Å². The van der Waals surface area contributed by atoms with Crippen molar-refractivity contribution in [2.75, 3.05) is 0 Å². The van der Waals surface area contributed by atoms with Gasteiger partial charge in [-0.05, 0) is 6.42 Å². The minimum atomic E-state index is -1.27. The van der Waals surface area contributed by atoms with E-state index in [-0.39, 0.29) is 23.7 Å². The van der Waals surface area contributed by atoms with E-state index in [2.05, 4.69) is 15.3 Å². The van der Waals surface area contributed by atoms with Crippen LogP contribution in [-0.4, -0.2) is 38.9 Å². The van der Waals surface area contributed by atoms with Gasteiger partial charge in [-0.3, -0.25) is 9.59 Å².